The number of hydrogen-bond donors (Lipinski definition) is 4. The molecule has 4 rings (SSSR count). The summed E-state index contributed by atoms with van der Waals surface area (Å²) in [4.78, 5) is 13.1. The van der Waals surface area contributed by atoms with Crippen molar-refractivity contribution in [2.24, 2.45) is 4.99 Å². The minimum atomic E-state index is -0.113. The summed E-state index contributed by atoms with van der Waals surface area (Å²) in [6, 6.07) is 7.26. The van der Waals surface area contributed by atoms with Gasteiger partial charge in [-0.2, -0.15) is 5.26 Å². The molecule has 0 aliphatic carbocycles. The molecular formula is C20H24Cl2N8SW. The van der Waals surface area contributed by atoms with Crippen molar-refractivity contribution < 1.29 is 21.1 Å². The summed E-state index contributed by atoms with van der Waals surface area (Å²) in [6.45, 7) is 3.25. The van der Waals surface area contributed by atoms with Crippen LogP contribution in [0.1, 0.15) is 30.6 Å². The first-order chi connectivity index (χ1) is 14.6. The van der Waals surface area contributed by atoms with Crippen LogP contribution in [0.3, 0.4) is 0 Å². The number of aromatic nitrogens is 2. The number of rotatable bonds is 2. The van der Waals surface area contributed by atoms with Crippen molar-refractivity contribution >= 4 is 46.2 Å². The van der Waals surface area contributed by atoms with Gasteiger partial charge in [-0.25, -0.2) is 9.97 Å². The molecule has 2 aliphatic rings. The first-order valence-electron chi connectivity index (χ1n) is 9.25. The zero-order chi connectivity index (χ0) is 21.3. The van der Waals surface area contributed by atoms with Gasteiger partial charge < -0.3 is 16.0 Å². The van der Waals surface area contributed by atoms with Gasteiger partial charge in [-0.1, -0.05) is 55.0 Å². The second kappa shape index (κ2) is 14.5. The number of aliphatic imine (C=N–C) groups is 1. The van der Waals surface area contributed by atoms with E-state index in [1.165, 1.54) is 0 Å². The van der Waals surface area contributed by atoms with Crippen LogP contribution in [-0.2, 0) is 21.1 Å². The molecule has 2 unspecified atom stereocenters. The Morgan fingerprint density at radius 1 is 0.969 bits per heavy atom. The van der Waals surface area contributed by atoms with E-state index in [0.29, 0.717) is 22.7 Å². The van der Waals surface area contributed by atoms with Gasteiger partial charge in [0.2, 0.25) is 0 Å². The van der Waals surface area contributed by atoms with Crippen molar-refractivity contribution in [2.45, 2.75) is 19.5 Å². The molecule has 2 aliphatic heterocycles. The van der Waals surface area contributed by atoms with Crippen molar-refractivity contribution in [2.75, 3.05) is 26.2 Å². The van der Waals surface area contributed by atoms with Gasteiger partial charge in [0.1, 0.15) is 16.1 Å². The normalized spacial score (nSPS) is 19.4. The molecule has 8 nitrogen and oxygen atoms in total. The minimum absolute atomic E-state index is 0. The van der Waals surface area contributed by atoms with E-state index in [2.05, 4.69) is 36.2 Å². The van der Waals surface area contributed by atoms with Gasteiger partial charge in [0.25, 0.3) is 0 Å². The van der Waals surface area contributed by atoms with Crippen molar-refractivity contribution in [1.29, 1.82) is 5.26 Å². The van der Waals surface area contributed by atoms with E-state index in [9.17, 15) is 0 Å². The number of nitrogens with one attached hydrogen (secondary N) is 4. The average molecular weight is 663 g/mol. The fraction of sp³-hybridized carbons (Fsp3) is 0.350. The van der Waals surface area contributed by atoms with E-state index in [4.69, 9.17) is 40.7 Å². The zero-order valence-corrected chi connectivity index (χ0v) is 21.6. The molecule has 4 N–H and O–H groups in total. The summed E-state index contributed by atoms with van der Waals surface area (Å²) >= 11 is 16.6. The van der Waals surface area contributed by atoms with Crippen LogP contribution in [0.4, 0.5) is 0 Å². The number of piperazine rings is 1. The maximum absolute atomic E-state index is 8.62. The van der Waals surface area contributed by atoms with Crippen LogP contribution in [-0.4, -0.2) is 47.0 Å². The summed E-state index contributed by atoms with van der Waals surface area (Å²) in [7, 11) is 0. The third-order valence-electron chi connectivity index (χ3n) is 4.40. The second-order valence-electron chi connectivity index (χ2n) is 6.40. The Morgan fingerprint density at radius 3 is 2.09 bits per heavy atom. The van der Waals surface area contributed by atoms with Crippen molar-refractivity contribution in [3.05, 3.63) is 58.1 Å². The molecule has 170 valence electrons. The van der Waals surface area contributed by atoms with Gasteiger partial charge in [0.15, 0.2) is 6.19 Å². The number of pyridine rings is 2. The van der Waals surface area contributed by atoms with Gasteiger partial charge in [-0.05, 0) is 23.3 Å². The van der Waals surface area contributed by atoms with E-state index < -0.39 is 0 Å². The number of thiocarbonyl (C=S) groups is 1. The first-order valence-corrected chi connectivity index (χ1v) is 10.4. The number of hydrogen-bond acceptors (Lipinski definition) is 8. The molecule has 0 amide bonds. The monoisotopic (exact) mass is 662 g/mol. The van der Waals surface area contributed by atoms with Gasteiger partial charge in [0, 0.05) is 53.1 Å². The van der Waals surface area contributed by atoms with Crippen LogP contribution in [0, 0.1) is 11.5 Å². The number of nitriles is 1. The maximum atomic E-state index is 8.62. The van der Waals surface area contributed by atoms with Crippen LogP contribution in [0.2, 0.25) is 10.3 Å². The molecule has 1 fully saturated rings. The Bertz CT molecular complexity index is 934. The molecule has 0 aromatic carbocycles. The average Bonchev–Trinajstić information content (AvgIpc) is 2.77. The molecule has 12 heteroatoms. The molecule has 2 aromatic heterocycles. The molecule has 1 saturated heterocycles. The minimum Gasteiger partial charge on any atom is -0.377 e. The molecule has 0 spiro atoms. The summed E-state index contributed by atoms with van der Waals surface area (Å²) < 4.78 is 0. The Balaban J connectivity index is 0.000000303. The van der Waals surface area contributed by atoms with Crippen LogP contribution in [0.15, 0.2) is 41.7 Å². The van der Waals surface area contributed by atoms with E-state index in [1.54, 1.807) is 24.5 Å². The van der Waals surface area contributed by atoms with Crippen LogP contribution < -0.4 is 21.3 Å². The molecular weight excluding hydrogens is 639 g/mol. The predicted octanol–water partition coefficient (Wildman–Crippen LogP) is 2.78. The molecule has 32 heavy (non-hydrogen) atoms. The van der Waals surface area contributed by atoms with Crippen molar-refractivity contribution in [3.63, 3.8) is 0 Å². The van der Waals surface area contributed by atoms with Gasteiger partial charge >= 0.3 is 0 Å². The van der Waals surface area contributed by atoms with Crippen LogP contribution in [0.25, 0.3) is 0 Å². The number of nitrogens with zero attached hydrogens (tertiary/aromatic N) is 4. The quantitative estimate of drug-likeness (QED) is 0.168. The molecule has 2 atom stereocenters. The van der Waals surface area contributed by atoms with E-state index >= 15 is 0 Å². The maximum Gasteiger partial charge on any atom is 0.182 e. The SMILES string of the molecule is C.N#CNC1=NCCNC1c1ccc(Cl)nc1.S=C1NCCNC1c1ccc(Cl)nc1.[W]. The smallest absolute Gasteiger partial charge is 0.182 e. The Hall–Kier alpha value is -1.66. The van der Waals surface area contributed by atoms with Crippen LogP contribution >= 0.6 is 35.4 Å². The van der Waals surface area contributed by atoms with Crippen LogP contribution in [0.5, 0.6) is 0 Å². The largest absolute Gasteiger partial charge is 0.377 e. The number of halogens is 2. The summed E-state index contributed by atoms with van der Waals surface area (Å²) in [5.74, 6) is 0.623. The molecule has 0 bridgehead atoms. The van der Waals surface area contributed by atoms with E-state index in [0.717, 1.165) is 35.7 Å². The van der Waals surface area contributed by atoms with Crippen molar-refractivity contribution in [1.82, 2.24) is 31.2 Å². The summed E-state index contributed by atoms with van der Waals surface area (Å²) in [5.41, 5.74) is 1.98. The first kappa shape index (κ1) is 28.4. The van der Waals surface area contributed by atoms with Gasteiger partial charge in [0.05, 0.1) is 23.6 Å². The summed E-state index contributed by atoms with van der Waals surface area (Å²) in [6.07, 6.45) is 5.31. The molecule has 0 radical (unpaired) electrons. The second-order valence-corrected chi connectivity index (χ2v) is 7.61. The van der Waals surface area contributed by atoms with E-state index in [1.807, 2.05) is 18.3 Å². The topological polar surface area (TPSA) is 110 Å². The fourth-order valence-electron chi connectivity index (χ4n) is 3.00. The van der Waals surface area contributed by atoms with E-state index in [-0.39, 0.29) is 40.6 Å². The molecule has 4 heterocycles. The Kier molecular flexibility index (Phi) is 12.8. The fourth-order valence-corrected chi connectivity index (χ4v) is 3.55. The molecule has 2 aromatic rings. The zero-order valence-electron chi connectivity index (χ0n) is 16.3. The Morgan fingerprint density at radius 2 is 1.56 bits per heavy atom. The predicted molar refractivity (Wildman–Crippen MR) is 128 cm³/mol. The Labute approximate surface area is 217 Å². The third kappa shape index (κ3) is 8.04. The third-order valence-corrected chi connectivity index (χ3v) is 5.23. The van der Waals surface area contributed by atoms with Gasteiger partial charge in [-0.15, -0.1) is 0 Å². The summed E-state index contributed by atoms with van der Waals surface area (Å²) in [5, 5.41) is 21.9. The van der Waals surface area contributed by atoms with Crippen molar-refractivity contribution in [3.8, 4) is 6.19 Å². The van der Waals surface area contributed by atoms with Gasteiger partial charge in [-0.3, -0.25) is 10.3 Å². The molecule has 0 saturated carbocycles. The number of amidine groups is 1. The standard InChI is InChI=1S/C10H10ClN5.C9H10ClN3S.CH4.W/c11-8-2-1-7(5-15-8)9-10(16-6-12)14-4-3-13-9;10-7-2-1-6(5-13-7)8-9(14)12-4-3-11-8;;/h1-2,5,9,13H,3-4H2,(H,14,16);1-2,5,8,11H,3-4H2,(H,12,14);1H4;.